The maximum atomic E-state index is 11.9. The number of aromatic hydroxyl groups is 1. The van der Waals surface area contributed by atoms with Crippen LogP contribution in [0.15, 0.2) is 36.5 Å². The normalized spacial score (nSPS) is 22.7. The number of rotatable bonds is 3. The Morgan fingerprint density at radius 1 is 1.30 bits per heavy atom. The smallest absolute Gasteiger partial charge is 0.303 e. The molecule has 140 valence electrons. The van der Waals surface area contributed by atoms with Gasteiger partial charge >= 0.3 is 5.97 Å². The number of pyridine rings is 1. The number of esters is 1. The van der Waals surface area contributed by atoms with Crippen LogP contribution >= 0.6 is 0 Å². The second-order valence-corrected chi connectivity index (χ2v) is 7.03. The zero-order valence-corrected chi connectivity index (χ0v) is 15.5. The number of benzene rings is 1. The molecule has 7 nitrogen and oxygen atoms in total. The standard InChI is InChI=1S/C20H20N2O5/c1-12(23)26-20(4)18(25-14-7-8-22-17(24)10-14)15-9-13(11-21)5-6-16(15)27-19(20,2)3/h5-10,18H,1-4H3,(H,22,24). The van der Waals surface area contributed by atoms with Crippen LogP contribution < -0.4 is 9.47 Å². The van der Waals surface area contributed by atoms with Crippen molar-refractivity contribution in [1.29, 1.82) is 5.26 Å². The Balaban J connectivity index is 2.18. The highest BCUT2D eigenvalue weighted by molar-refractivity contribution is 5.67. The largest absolute Gasteiger partial charge is 0.493 e. The molecule has 3 rings (SSSR count). The van der Waals surface area contributed by atoms with E-state index in [1.54, 1.807) is 45.0 Å². The minimum atomic E-state index is -1.21. The first kappa shape index (κ1) is 18.5. The Kier molecular flexibility index (Phi) is 4.44. The van der Waals surface area contributed by atoms with Gasteiger partial charge in [-0.05, 0) is 45.0 Å². The summed E-state index contributed by atoms with van der Waals surface area (Å²) in [5.74, 6) is 0.197. The first-order valence-corrected chi connectivity index (χ1v) is 8.40. The fraction of sp³-hybridized carbons (Fsp3) is 0.350. The number of aromatic nitrogens is 1. The van der Waals surface area contributed by atoms with E-state index in [9.17, 15) is 15.2 Å². The molecule has 1 aliphatic heterocycles. The van der Waals surface area contributed by atoms with Crippen molar-refractivity contribution < 1.29 is 24.1 Å². The van der Waals surface area contributed by atoms with Crippen LogP contribution in [0.25, 0.3) is 0 Å². The van der Waals surface area contributed by atoms with E-state index in [2.05, 4.69) is 11.1 Å². The number of hydrogen-bond donors (Lipinski definition) is 1. The lowest BCUT2D eigenvalue weighted by molar-refractivity contribution is -0.209. The summed E-state index contributed by atoms with van der Waals surface area (Å²) in [6.45, 7) is 6.65. The molecule has 0 aliphatic carbocycles. The van der Waals surface area contributed by atoms with E-state index in [0.29, 0.717) is 22.6 Å². The van der Waals surface area contributed by atoms with Gasteiger partial charge in [-0.1, -0.05) is 0 Å². The summed E-state index contributed by atoms with van der Waals surface area (Å²) < 4.78 is 17.9. The maximum Gasteiger partial charge on any atom is 0.303 e. The molecule has 1 aromatic carbocycles. The van der Waals surface area contributed by atoms with Gasteiger partial charge in [-0.15, -0.1) is 0 Å². The zero-order valence-electron chi connectivity index (χ0n) is 15.5. The molecule has 0 bridgehead atoms. The molecule has 2 heterocycles. The number of hydrogen-bond acceptors (Lipinski definition) is 7. The molecular weight excluding hydrogens is 348 g/mol. The van der Waals surface area contributed by atoms with Crippen molar-refractivity contribution in [2.75, 3.05) is 0 Å². The van der Waals surface area contributed by atoms with Crippen LogP contribution in [0.3, 0.4) is 0 Å². The Hall–Kier alpha value is -3.27. The first-order chi connectivity index (χ1) is 12.7. The van der Waals surface area contributed by atoms with E-state index in [4.69, 9.17) is 14.2 Å². The summed E-state index contributed by atoms with van der Waals surface area (Å²) in [6.07, 6.45) is 0.625. The van der Waals surface area contributed by atoms with Gasteiger partial charge in [0.25, 0.3) is 0 Å². The molecule has 0 radical (unpaired) electrons. The zero-order chi connectivity index (χ0) is 19.8. The summed E-state index contributed by atoms with van der Waals surface area (Å²) in [5.41, 5.74) is -1.14. The molecule has 2 unspecified atom stereocenters. The van der Waals surface area contributed by atoms with Gasteiger partial charge in [-0.25, -0.2) is 4.98 Å². The van der Waals surface area contributed by atoms with Crippen molar-refractivity contribution in [3.05, 3.63) is 47.7 Å². The number of nitriles is 1. The van der Waals surface area contributed by atoms with Gasteiger partial charge in [-0.3, -0.25) is 4.79 Å². The Morgan fingerprint density at radius 3 is 2.67 bits per heavy atom. The third-order valence-electron chi connectivity index (χ3n) is 4.81. The Labute approximate surface area is 157 Å². The lowest BCUT2D eigenvalue weighted by Gasteiger charge is -2.50. The van der Waals surface area contributed by atoms with Crippen molar-refractivity contribution >= 4 is 5.97 Å². The number of ether oxygens (including phenoxy) is 3. The quantitative estimate of drug-likeness (QED) is 0.830. The predicted octanol–water partition coefficient (Wildman–Crippen LogP) is 3.27. The molecule has 0 amide bonds. The van der Waals surface area contributed by atoms with E-state index < -0.39 is 23.3 Å². The third-order valence-corrected chi connectivity index (χ3v) is 4.81. The average Bonchev–Trinajstić information content (AvgIpc) is 2.58. The van der Waals surface area contributed by atoms with E-state index in [-0.39, 0.29) is 5.88 Å². The van der Waals surface area contributed by atoms with Gasteiger partial charge < -0.3 is 19.3 Å². The summed E-state index contributed by atoms with van der Waals surface area (Å²) in [4.78, 5) is 15.6. The molecule has 1 aliphatic rings. The second kappa shape index (κ2) is 6.47. The lowest BCUT2D eigenvalue weighted by atomic mass is 9.76. The van der Waals surface area contributed by atoms with Crippen molar-refractivity contribution in [2.24, 2.45) is 0 Å². The Bertz CT molecular complexity index is 934. The topological polar surface area (TPSA) is 102 Å². The van der Waals surface area contributed by atoms with Crippen molar-refractivity contribution in [3.63, 3.8) is 0 Å². The van der Waals surface area contributed by atoms with Gasteiger partial charge in [0.05, 0.1) is 11.6 Å². The fourth-order valence-corrected chi connectivity index (χ4v) is 3.16. The van der Waals surface area contributed by atoms with Crippen LogP contribution in [0.2, 0.25) is 0 Å². The summed E-state index contributed by atoms with van der Waals surface area (Å²) in [6, 6.07) is 10.0. The molecule has 2 aromatic rings. The van der Waals surface area contributed by atoms with Crippen molar-refractivity contribution in [3.8, 4) is 23.4 Å². The average molecular weight is 368 g/mol. The first-order valence-electron chi connectivity index (χ1n) is 8.40. The Morgan fingerprint density at radius 2 is 2.04 bits per heavy atom. The van der Waals surface area contributed by atoms with E-state index in [1.165, 1.54) is 19.2 Å². The van der Waals surface area contributed by atoms with Crippen LogP contribution in [0.1, 0.15) is 44.9 Å². The molecule has 0 spiro atoms. The molecule has 0 saturated carbocycles. The maximum absolute atomic E-state index is 11.9. The highest BCUT2D eigenvalue weighted by Crippen LogP contribution is 2.50. The van der Waals surface area contributed by atoms with Gasteiger partial charge in [0, 0.05) is 24.8 Å². The highest BCUT2D eigenvalue weighted by atomic mass is 16.6. The van der Waals surface area contributed by atoms with E-state index in [1.807, 2.05) is 0 Å². The fourth-order valence-electron chi connectivity index (χ4n) is 3.16. The molecule has 2 atom stereocenters. The minimum Gasteiger partial charge on any atom is -0.493 e. The van der Waals surface area contributed by atoms with Crippen molar-refractivity contribution in [2.45, 2.75) is 45.0 Å². The molecule has 1 N–H and O–H groups in total. The molecule has 7 heteroatoms. The van der Waals surface area contributed by atoms with Crippen LogP contribution in [0.5, 0.6) is 17.4 Å². The van der Waals surface area contributed by atoms with Gasteiger partial charge in [-0.2, -0.15) is 5.26 Å². The lowest BCUT2D eigenvalue weighted by Crippen LogP contribution is -2.61. The molecule has 0 fully saturated rings. The third kappa shape index (κ3) is 3.26. The number of carbonyl (C=O) groups is 1. The van der Waals surface area contributed by atoms with Gasteiger partial charge in [0.15, 0.2) is 11.7 Å². The SMILES string of the molecule is CC(=O)OC1(C)C(Oc2ccnc(O)c2)c2cc(C#N)ccc2OC1(C)C. The monoisotopic (exact) mass is 368 g/mol. The summed E-state index contributed by atoms with van der Waals surface area (Å²) in [7, 11) is 0. The minimum absolute atomic E-state index is 0.195. The highest BCUT2D eigenvalue weighted by Gasteiger charge is 2.58. The molecular formula is C20H20N2O5. The second-order valence-electron chi connectivity index (χ2n) is 7.03. The van der Waals surface area contributed by atoms with Crippen molar-refractivity contribution in [1.82, 2.24) is 4.98 Å². The van der Waals surface area contributed by atoms with E-state index in [0.717, 1.165) is 0 Å². The summed E-state index contributed by atoms with van der Waals surface area (Å²) >= 11 is 0. The molecule has 1 aromatic heterocycles. The number of carbonyl (C=O) groups excluding carboxylic acids is 1. The number of fused-ring (bicyclic) bond motifs is 1. The van der Waals surface area contributed by atoms with Crippen LogP contribution in [-0.2, 0) is 9.53 Å². The van der Waals surface area contributed by atoms with Gasteiger partial charge in [0.1, 0.15) is 17.1 Å². The molecule has 0 saturated heterocycles. The van der Waals surface area contributed by atoms with E-state index >= 15 is 0 Å². The van der Waals surface area contributed by atoms with Crippen LogP contribution in [-0.4, -0.2) is 27.3 Å². The van der Waals surface area contributed by atoms with Gasteiger partial charge in [0.2, 0.25) is 5.88 Å². The molecule has 27 heavy (non-hydrogen) atoms. The summed E-state index contributed by atoms with van der Waals surface area (Å²) in [5, 5.41) is 18.9. The number of nitrogens with zero attached hydrogens (tertiary/aromatic N) is 2. The predicted molar refractivity (Wildman–Crippen MR) is 95.3 cm³/mol. The van der Waals surface area contributed by atoms with Crippen LogP contribution in [0.4, 0.5) is 0 Å². The van der Waals surface area contributed by atoms with Crippen LogP contribution in [0, 0.1) is 11.3 Å².